The quantitative estimate of drug-likeness (QED) is 0.667. The summed E-state index contributed by atoms with van der Waals surface area (Å²) in [5.74, 6) is -0.318. The number of aromatic hydroxyl groups is 1. The van der Waals surface area contributed by atoms with Gasteiger partial charge in [0, 0.05) is 18.3 Å². The average molecular weight is 312 g/mol. The van der Waals surface area contributed by atoms with Gasteiger partial charge in [0.15, 0.2) is 5.75 Å². The van der Waals surface area contributed by atoms with Crippen molar-refractivity contribution in [3.8, 4) is 5.75 Å². The Morgan fingerprint density at radius 1 is 1.32 bits per heavy atom. The minimum absolute atomic E-state index is 0.173. The summed E-state index contributed by atoms with van der Waals surface area (Å²) < 4.78 is 1.67. The number of hydrogen-bond donors (Lipinski definition) is 3. The van der Waals surface area contributed by atoms with Crippen LogP contribution in [0.15, 0.2) is 10.9 Å². The summed E-state index contributed by atoms with van der Waals surface area (Å²) >= 11 is 0. The van der Waals surface area contributed by atoms with Crippen LogP contribution in [0.1, 0.15) is 45.0 Å². The molecule has 0 aliphatic rings. The number of aliphatic hydroxyl groups is 2. The molecule has 0 bridgehead atoms. The van der Waals surface area contributed by atoms with Gasteiger partial charge >= 0.3 is 0 Å². The molecular weight excluding hydrogens is 284 g/mol. The molecule has 0 amide bonds. The largest absolute Gasteiger partial charge is 0.503 e. The topological polar surface area (TPSA) is 85.9 Å². The molecule has 1 rings (SSSR count). The Bertz CT molecular complexity index is 552. The van der Waals surface area contributed by atoms with Crippen LogP contribution in [-0.4, -0.2) is 45.0 Å². The summed E-state index contributed by atoms with van der Waals surface area (Å²) in [6.45, 7) is 6.41. The fourth-order valence-electron chi connectivity index (χ4n) is 2.56. The van der Waals surface area contributed by atoms with Gasteiger partial charge in [0.25, 0.3) is 0 Å². The summed E-state index contributed by atoms with van der Waals surface area (Å²) in [7, 11) is 1.92. The second-order valence-corrected chi connectivity index (χ2v) is 6.35. The monoisotopic (exact) mass is 312 g/mol. The van der Waals surface area contributed by atoms with Crippen molar-refractivity contribution >= 4 is 0 Å². The Morgan fingerprint density at radius 2 is 1.95 bits per heavy atom. The zero-order chi connectivity index (χ0) is 16.9. The summed E-state index contributed by atoms with van der Waals surface area (Å²) in [6, 6.07) is 1.22. The van der Waals surface area contributed by atoms with E-state index in [4.69, 9.17) is 0 Å². The Morgan fingerprint density at radius 3 is 2.45 bits per heavy atom. The number of aromatic nitrogens is 1. The van der Waals surface area contributed by atoms with Gasteiger partial charge in [0.05, 0.1) is 24.4 Å². The standard InChI is InChI=1S/C16H28N2O4/c1-5-6-7-17(4)9-13-15(22)14(21)8-12(10-19)18(13)16(2,3)11-20/h8,19-20,22H,5-7,9-11H2,1-4H3. The Balaban J connectivity index is 3.39. The fraction of sp³-hybridized carbons (Fsp3) is 0.688. The molecule has 0 saturated carbocycles. The van der Waals surface area contributed by atoms with Gasteiger partial charge in [0.1, 0.15) is 0 Å². The molecule has 22 heavy (non-hydrogen) atoms. The normalized spacial score (nSPS) is 12.1. The van der Waals surface area contributed by atoms with E-state index in [2.05, 4.69) is 6.92 Å². The number of nitrogens with zero attached hydrogens (tertiary/aromatic N) is 2. The molecule has 0 aromatic carbocycles. The van der Waals surface area contributed by atoms with Gasteiger partial charge in [-0.25, -0.2) is 0 Å². The summed E-state index contributed by atoms with van der Waals surface area (Å²) in [5, 5.41) is 29.4. The van der Waals surface area contributed by atoms with E-state index in [1.165, 1.54) is 6.07 Å². The lowest BCUT2D eigenvalue weighted by atomic mass is 10.0. The lowest BCUT2D eigenvalue weighted by Gasteiger charge is -2.33. The molecule has 0 atom stereocenters. The lowest BCUT2D eigenvalue weighted by molar-refractivity contribution is 0.144. The number of pyridine rings is 1. The SMILES string of the molecule is CCCCN(C)Cc1c(O)c(=O)cc(CO)n1C(C)(C)CO. The van der Waals surface area contributed by atoms with E-state index in [9.17, 15) is 20.1 Å². The maximum absolute atomic E-state index is 11.9. The van der Waals surface area contributed by atoms with Crippen LogP contribution in [0.5, 0.6) is 5.75 Å². The second-order valence-electron chi connectivity index (χ2n) is 6.35. The first-order valence-electron chi connectivity index (χ1n) is 7.66. The van der Waals surface area contributed by atoms with Crippen molar-refractivity contribution in [1.29, 1.82) is 0 Å². The van der Waals surface area contributed by atoms with E-state index in [1.54, 1.807) is 18.4 Å². The van der Waals surface area contributed by atoms with E-state index in [0.29, 0.717) is 17.9 Å². The summed E-state index contributed by atoms with van der Waals surface area (Å²) in [6.07, 6.45) is 2.08. The Hall–Kier alpha value is -1.37. The fourth-order valence-corrected chi connectivity index (χ4v) is 2.56. The van der Waals surface area contributed by atoms with Crippen LogP contribution in [0.4, 0.5) is 0 Å². The molecule has 6 nitrogen and oxygen atoms in total. The third-order valence-electron chi connectivity index (χ3n) is 3.83. The van der Waals surface area contributed by atoms with Crippen molar-refractivity contribution in [1.82, 2.24) is 9.47 Å². The first kappa shape index (κ1) is 18.7. The van der Waals surface area contributed by atoms with E-state index >= 15 is 0 Å². The van der Waals surface area contributed by atoms with E-state index in [1.807, 2.05) is 11.9 Å². The maximum atomic E-state index is 11.9. The third kappa shape index (κ3) is 4.09. The first-order valence-corrected chi connectivity index (χ1v) is 7.66. The predicted molar refractivity (Wildman–Crippen MR) is 85.9 cm³/mol. The molecule has 0 fully saturated rings. The van der Waals surface area contributed by atoms with Gasteiger partial charge in [-0.15, -0.1) is 0 Å². The highest BCUT2D eigenvalue weighted by Gasteiger charge is 2.27. The molecule has 3 N–H and O–H groups in total. The smallest absolute Gasteiger partial charge is 0.223 e. The summed E-state index contributed by atoms with van der Waals surface area (Å²) in [5.41, 5.74) is -0.424. The Labute approximate surface area is 131 Å². The van der Waals surface area contributed by atoms with Crippen molar-refractivity contribution < 1.29 is 15.3 Å². The van der Waals surface area contributed by atoms with Crippen LogP contribution in [0.2, 0.25) is 0 Å². The zero-order valence-electron chi connectivity index (χ0n) is 14.0. The van der Waals surface area contributed by atoms with E-state index in [0.717, 1.165) is 19.4 Å². The van der Waals surface area contributed by atoms with Gasteiger partial charge < -0.3 is 24.8 Å². The predicted octanol–water partition coefficient (Wildman–Crippen LogP) is 1.01. The number of aliphatic hydroxyl groups excluding tert-OH is 2. The van der Waals surface area contributed by atoms with Gasteiger partial charge in [-0.05, 0) is 33.9 Å². The minimum atomic E-state index is -0.732. The summed E-state index contributed by atoms with van der Waals surface area (Å²) in [4.78, 5) is 13.9. The molecule has 1 heterocycles. The molecule has 0 spiro atoms. The van der Waals surface area contributed by atoms with Gasteiger partial charge in [0.2, 0.25) is 5.43 Å². The molecule has 1 aromatic heterocycles. The Kier molecular flexibility index (Phi) is 6.59. The maximum Gasteiger partial charge on any atom is 0.223 e. The number of rotatable bonds is 8. The minimum Gasteiger partial charge on any atom is -0.503 e. The van der Waals surface area contributed by atoms with Crippen molar-refractivity contribution in [3.05, 3.63) is 27.7 Å². The van der Waals surface area contributed by atoms with E-state index < -0.39 is 11.0 Å². The third-order valence-corrected chi connectivity index (χ3v) is 3.83. The molecular formula is C16H28N2O4. The highest BCUT2D eigenvalue weighted by atomic mass is 16.3. The number of unbranched alkanes of at least 4 members (excludes halogenated alkanes) is 1. The first-order chi connectivity index (χ1) is 10.3. The van der Waals surface area contributed by atoms with Crippen LogP contribution < -0.4 is 5.43 Å². The van der Waals surface area contributed by atoms with Crippen molar-refractivity contribution in [2.75, 3.05) is 20.2 Å². The second kappa shape index (κ2) is 7.76. The molecule has 6 heteroatoms. The van der Waals surface area contributed by atoms with Crippen molar-refractivity contribution in [2.45, 2.75) is 52.3 Å². The molecule has 0 radical (unpaired) electrons. The van der Waals surface area contributed by atoms with Crippen LogP contribution in [0.3, 0.4) is 0 Å². The highest BCUT2D eigenvalue weighted by Crippen LogP contribution is 2.25. The highest BCUT2D eigenvalue weighted by molar-refractivity contribution is 5.31. The van der Waals surface area contributed by atoms with Gasteiger partial charge in [-0.1, -0.05) is 13.3 Å². The van der Waals surface area contributed by atoms with E-state index in [-0.39, 0.29) is 19.0 Å². The molecule has 0 saturated heterocycles. The number of hydrogen-bond acceptors (Lipinski definition) is 5. The van der Waals surface area contributed by atoms with Crippen molar-refractivity contribution in [2.24, 2.45) is 0 Å². The van der Waals surface area contributed by atoms with Crippen LogP contribution in [0, 0.1) is 0 Å². The lowest BCUT2D eigenvalue weighted by Crippen LogP contribution is -2.38. The molecule has 0 unspecified atom stereocenters. The molecule has 0 aliphatic heterocycles. The van der Waals surface area contributed by atoms with Crippen molar-refractivity contribution in [3.63, 3.8) is 0 Å². The zero-order valence-corrected chi connectivity index (χ0v) is 14.0. The van der Waals surface area contributed by atoms with Crippen LogP contribution >= 0.6 is 0 Å². The molecule has 126 valence electrons. The van der Waals surface area contributed by atoms with Gasteiger partial charge in [-0.2, -0.15) is 0 Å². The molecule has 0 aliphatic carbocycles. The van der Waals surface area contributed by atoms with Crippen LogP contribution in [-0.2, 0) is 18.7 Å². The molecule has 1 aromatic rings. The van der Waals surface area contributed by atoms with Gasteiger partial charge in [-0.3, -0.25) is 4.79 Å². The average Bonchev–Trinajstić information content (AvgIpc) is 2.49. The van der Waals surface area contributed by atoms with Crippen LogP contribution in [0.25, 0.3) is 0 Å².